The van der Waals surface area contributed by atoms with Gasteiger partial charge in [0, 0.05) is 0 Å². The summed E-state index contributed by atoms with van der Waals surface area (Å²) in [5.41, 5.74) is 3.42. The minimum atomic E-state index is -0.307. The summed E-state index contributed by atoms with van der Waals surface area (Å²) < 4.78 is 11.0. The molecule has 0 aliphatic rings. The molecule has 0 saturated heterocycles. The van der Waals surface area contributed by atoms with Crippen molar-refractivity contribution in [3.63, 3.8) is 0 Å². The van der Waals surface area contributed by atoms with E-state index in [0.29, 0.717) is 23.8 Å². The van der Waals surface area contributed by atoms with Crippen molar-refractivity contribution in [3.8, 4) is 11.5 Å². The van der Waals surface area contributed by atoms with Gasteiger partial charge in [-0.3, -0.25) is 9.78 Å². The maximum atomic E-state index is 11.4. The SMILES string of the molecule is CCCCOc1ccc(/C=N\Nc2nnc(C)c(=O)[nH]2)cc1OC. The Hall–Kier alpha value is -2.90. The number of hydrogen-bond acceptors (Lipinski definition) is 7. The molecule has 2 N–H and O–H groups in total. The standard InChI is InChI=1S/C16H21N5O3/c1-4-5-8-24-13-7-6-12(9-14(13)23-3)10-17-20-16-18-15(22)11(2)19-21-16/h6-7,9-10H,4-5,8H2,1-3H3,(H2,18,20,21,22)/b17-10-. The van der Waals surface area contributed by atoms with Gasteiger partial charge in [0.05, 0.1) is 19.9 Å². The maximum Gasteiger partial charge on any atom is 0.274 e. The summed E-state index contributed by atoms with van der Waals surface area (Å²) in [6.07, 6.45) is 3.65. The van der Waals surface area contributed by atoms with Gasteiger partial charge in [-0.1, -0.05) is 13.3 Å². The van der Waals surface area contributed by atoms with E-state index in [1.807, 2.05) is 18.2 Å². The van der Waals surface area contributed by atoms with Gasteiger partial charge in [0.15, 0.2) is 11.5 Å². The maximum absolute atomic E-state index is 11.4. The Labute approximate surface area is 139 Å². The first kappa shape index (κ1) is 17.5. The Kier molecular flexibility index (Phi) is 6.30. The summed E-state index contributed by atoms with van der Waals surface area (Å²) >= 11 is 0. The highest BCUT2D eigenvalue weighted by atomic mass is 16.5. The summed E-state index contributed by atoms with van der Waals surface area (Å²) in [7, 11) is 1.59. The van der Waals surface area contributed by atoms with Gasteiger partial charge in [-0.25, -0.2) is 5.43 Å². The van der Waals surface area contributed by atoms with Crippen molar-refractivity contribution in [2.45, 2.75) is 26.7 Å². The lowest BCUT2D eigenvalue weighted by atomic mass is 10.2. The van der Waals surface area contributed by atoms with E-state index in [1.54, 1.807) is 20.2 Å². The fraction of sp³-hybridized carbons (Fsp3) is 0.375. The van der Waals surface area contributed by atoms with Gasteiger partial charge in [-0.15, -0.1) is 10.2 Å². The molecule has 0 aliphatic carbocycles. The number of H-pyrrole nitrogens is 1. The van der Waals surface area contributed by atoms with Crippen molar-refractivity contribution in [1.82, 2.24) is 15.2 Å². The summed E-state index contributed by atoms with van der Waals surface area (Å²) in [5, 5.41) is 11.5. The number of aryl methyl sites for hydroxylation is 1. The number of ether oxygens (including phenoxy) is 2. The highest BCUT2D eigenvalue weighted by Gasteiger charge is 2.05. The minimum Gasteiger partial charge on any atom is -0.493 e. The van der Waals surface area contributed by atoms with Crippen molar-refractivity contribution in [1.29, 1.82) is 0 Å². The first-order valence-electron chi connectivity index (χ1n) is 7.67. The molecule has 0 saturated carbocycles. The van der Waals surface area contributed by atoms with Crippen LogP contribution in [-0.4, -0.2) is 35.1 Å². The van der Waals surface area contributed by atoms with E-state index in [9.17, 15) is 4.79 Å². The second-order valence-electron chi connectivity index (χ2n) is 5.07. The third-order valence-electron chi connectivity index (χ3n) is 3.19. The summed E-state index contributed by atoms with van der Waals surface area (Å²) in [6.45, 7) is 4.34. The molecule has 0 bridgehead atoms. The lowest BCUT2D eigenvalue weighted by Crippen LogP contribution is -2.15. The van der Waals surface area contributed by atoms with Crippen molar-refractivity contribution in [2.75, 3.05) is 19.1 Å². The van der Waals surface area contributed by atoms with Gasteiger partial charge in [0.1, 0.15) is 5.69 Å². The highest BCUT2D eigenvalue weighted by Crippen LogP contribution is 2.27. The van der Waals surface area contributed by atoms with Crippen LogP contribution in [0.1, 0.15) is 31.0 Å². The van der Waals surface area contributed by atoms with Crippen molar-refractivity contribution in [3.05, 3.63) is 39.8 Å². The quantitative estimate of drug-likeness (QED) is 0.436. The minimum absolute atomic E-state index is 0.174. The van der Waals surface area contributed by atoms with Crippen molar-refractivity contribution < 1.29 is 9.47 Å². The number of rotatable bonds is 8. The van der Waals surface area contributed by atoms with Crippen LogP contribution in [0.25, 0.3) is 0 Å². The number of nitrogens with zero attached hydrogens (tertiary/aromatic N) is 3. The lowest BCUT2D eigenvalue weighted by Gasteiger charge is -2.10. The monoisotopic (exact) mass is 331 g/mol. The Morgan fingerprint density at radius 3 is 2.88 bits per heavy atom. The predicted molar refractivity (Wildman–Crippen MR) is 92.0 cm³/mol. The smallest absolute Gasteiger partial charge is 0.274 e. The summed E-state index contributed by atoms with van der Waals surface area (Å²) in [5.74, 6) is 1.51. The van der Waals surface area contributed by atoms with Gasteiger partial charge in [0.2, 0.25) is 5.95 Å². The molecule has 1 aromatic carbocycles. The third kappa shape index (κ3) is 4.80. The largest absolute Gasteiger partial charge is 0.493 e. The van der Waals surface area contributed by atoms with E-state index in [2.05, 4.69) is 32.6 Å². The van der Waals surface area contributed by atoms with E-state index in [1.165, 1.54) is 0 Å². The average molecular weight is 331 g/mol. The zero-order valence-electron chi connectivity index (χ0n) is 14.0. The normalized spacial score (nSPS) is 10.8. The van der Waals surface area contributed by atoms with E-state index in [-0.39, 0.29) is 11.5 Å². The molecule has 8 nitrogen and oxygen atoms in total. The Balaban J connectivity index is 2.03. The number of aromatic nitrogens is 3. The summed E-state index contributed by atoms with van der Waals surface area (Å²) in [6, 6.07) is 5.51. The average Bonchev–Trinajstić information content (AvgIpc) is 2.59. The molecule has 0 amide bonds. The van der Waals surface area contributed by atoms with E-state index in [4.69, 9.17) is 9.47 Å². The Bertz CT molecular complexity index is 758. The number of benzene rings is 1. The van der Waals surface area contributed by atoms with Crippen molar-refractivity contribution >= 4 is 12.2 Å². The Morgan fingerprint density at radius 1 is 1.33 bits per heavy atom. The zero-order chi connectivity index (χ0) is 17.4. The third-order valence-corrected chi connectivity index (χ3v) is 3.19. The molecule has 8 heteroatoms. The highest BCUT2D eigenvalue weighted by molar-refractivity contribution is 5.81. The van der Waals surface area contributed by atoms with Crippen LogP contribution >= 0.6 is 0 Å². The van der Waals surface area contributed by atoms with Gasteiger partial charge in [-0.05, 0) is 37.1 Å². The van der Waals surface area contributed by atoms with Crippen LogP contribution in [0.15, 0.2) is 28.1 Å². The molecular formula is C16H21N5O3. The number of aromatic amines is 1. The fourth-order valence-corrected chi connectivity index (χ4v) is 1.82. The summed E-state index contributed by atoms with van der Waals surface area (Å²) in [4.78, 5) is 13.9. The molecular weight excluding hydrogens is 310 g/mol. The number of anilines is 1. The molecule has 0 atom stereocenters. The van der Waals surface area contributed by atoms with Gasteiger partial charge in [-0.2, -0.15) is 5.10 Å². The van der Waals surface area contributed by atoms with Crippen LogP contribution in [0.5, 0.6) is 11.5 Å². The molecule has 0 spiro atoms. The number of methoxy groups -OCH3 is 1. The molecule has 24 heavy (non-hydrogen) atoms. The van der Waals surface area contributed by atoms with Gasteiger partial charge in [0.25, 0.3) is 5.56 Å². The molecule has 128 valence electrons. The van der Waals surface area contributed by atoms with Gasteiger partial charge >= 0.3 is 0 Å². The van der Waals surface area contributed by atoms with Crippen LogP contribution in [0, 0.1) is 6.92 Å². The Morgan fingerprint density at radius 2 is 2.17 bits per heavy atom. The molecule has 0 unspecified atom stereocenters. The van der Waals surface area contributed by atoms with Crippen LogP contribution in [0.2, 0.25) is 0 Å². The van der Waals surface area contributed by atoms with E-state index >= 15 is 0 Å². The van der Waals surface area contributed by atoms with Crippen molar-refractivity contribution in [2.24, 2.45) is 5.10 Å². The molecule has 1 heterocycles. The molecule has 0 radical (unpaired) electrons. The number of nitrogens with one attached hydrogen (secondary N) is 2. The van der Waals surface area contributed by atoms with E-state index < -0.39 is 0 Å². The number of hydrazone groups is 1. The first-order valence-corrected chi connectivity index (χ1v) is 7.67. The molecule has 0 fully saturated rings. The number of hydrogen-bond donors (Lipinski definition) is 2. The van der Waals surface area contributed by atoms with Gasteiger partial charge < -0.3 is 9.47 Å². The zero-order valence-corrected chi connectivity index (χ0v) is 14.0. The molecule has 2 rings (SSSR count). The second-order valence-corrected chi connectivity index (χ2v) is 5.07. The predicted octanol–water partition coefficient (Wildman–Crippen LogP) is 2.11. The van der Waals surface area contributed by atoms with E-state index in [0.717, 1.165) is 18.4 Å². The van der Waals surface area contributed by atoms with Crippen LogP contribution < -0.4 is 20.5 Å². The second kappa shape index (κ2) is 8.66. The topological polar surface area (TPSA) is 101 Å². The number of unbranched alkanes of at least 4 members (excludes halogenated alkanes) is 1. The lowest BCUT2D eigenvalue weighted by molar-refractivity contribution is 0.288. The van der Waals surface area contributed by atoms with Crippen LogP contribution in [0.3, 0.4) is 0 Å². The first-order chi connectivity index (χ1) is 11.6. The van der Waals surface area contributed by atoms with Crippen LogP contribution in [0.4, 0.5) is 5.95 Å². The molecule has 2 aromatic rings. The molecule has 0 aliphatic heterocycles. The fourth-order valence-electron chi connectivity index (χ4n) is 1.82. The van der Waals surface area contributed by atoms with Crippen LogP contribution in [-0.2, 0) is 0 Å². The molecule has 1 aromatic heterocycles.